The lowest BCUT2D eigenvalue weighted by Crippen LogP contribution is -2.40. The summed E-state index contributed by atoms with van der Waals surface area (Å²) in [6, 6.07) is 10.8. The van der Waals surface area contributed by atoms with Crippen molar-refractivity contribution in [2.24, 2.45) is 13.0 Å². The highest BCUT2D eigenvalue weighted by atomic mass is 16.5. The maximum absolute atomic E-state index is 12.7. The molecule has 1 aromatic carbocycles. The summed E-state index contributed by atoms with van der Waals surface area (Å²) < 4.78 is 9.17. The van der Waals surface area contributed by atoms with Crippen molar-refractivity contribution >= 4 is 17.2 Å². The summed E-state index contributed by atoms with van der Waals surface area (Å²) in [6.45, 7) is 5.63. The fraction of sp³-hybridized carbons (Fsp3) is 0.250. The molecule has 0 atom stereocenters. The topological polar surface area (TPSA) is 98.4 Å². The molecule has 1 saturated heterocycles. The minimum Gasteiger partial charge on any atom is -0.438 e. The van der Waals surface area contributed by atoms with Crippen molar-refractivity contribution in [1.82, 2.24) is 29.7 Å². The molecule has 3 aromatic heterocycles. The third kappa shape index (κ3) is 4.42. The van der Waals surface area contributed by atoms with Gasteiger partial charge in [0.05, 0.1) is 11.9 Å². The lowest BCUT2D eigenvalue weighted by Gasteiger charge is -2.20. The number of aromatic nitrogens is 5. The Labute approximate surface area is 190 Å². The van der Waals surface area contributed by atoms with Gasteiger partial charge >= 0.3 is 0 Å². The second-order valence-electron chi connectivity index (χ2n) is 8.05. The second kappa shape index (κ2) is 8.41. The molecule has 4 aromatic rings. The molecule has 9 heteroatoms. The number of rotatable bonds is 4. The van der Waals surface area contributed by atoms with Gasteiger partial charge in [-0.1, -0.05) is 12.0 Å². The molecule has 1 amide bonds. The number of amides is 1. The minimum absolute atomic E-state index is 0.234. The number of nitrogens with zero attached hydrogens (tertiary/aromatic N) is 5. The Hall–Kier alpha value is -4.16. The molecule has 0 bridgehead atoms. The first-order valence-electron chi connectivity index (χ1n) is 10.6. The van der Waals surface area contributed by atoms with Crippen molar-refractivity contribution in [3.8, 4) is 23.5 Å². The Morgan fingerprint density at radius 3 is 2.76 bits per heavy atom. The van der Waals surface area contributed by atoms with Crippen LogP contribution in [-0.4, -0.2) is 43.4 Å². The van der Waals surface area contributed by atoms with Crippen molar-refractivity contribution < 1.29 is 9.53 Å². The number of aryl methyl sites for hydroxylation is 3. The van der Waals surface area contributed by atoms with Crippen molar-refractivity contribution in [3.05, 3.63) is 65.2 Å². The number of hydrogen-bond donors (Lipinski definition) is 2. The molecule has 1 aliphatic rings. The molecule has 2 N–H and O–H groups in total. The van der Waals surface area contributed by atoms with Gasteiger partial charge in [0.1, 0.15) is 17.1 Å². The normalized spacial score (nSPS) is 13.3. The van der Waals surface area contributed by atoms with E-state index in [0.29, 0.717) is 40.3 Å². The minimum atomic E-state index is -0.234. The average Bonchev–Trinajstić information content (AvgIpc) is 3.30. The molecule has 1 aliphatic heterocycles. The van der Waals surface area contributed by atoms with Crippen LogP contribution in [0.4, 0.5) is 5.69 Å². The summed E-state index contributed by atoms with van der Waals surface area (Å²) >= 11 is 0. The third-order valence-corrected chi connectivity index (χ3v) is 5.40. The predicted molar refractivity (Wildman–Crippen MR) is 123 cm³/mol. The maximum Gasteiger partial charge on any atom is 0.273 e. The number of carbonyl (C=O) groups excluding carboxylic acids is 1. The van der Waals surface area contributed by atoms with E-state index in [0.717, 1.165) is 24.3 Å². The first-order valence-corrected chi connectivity index (χ1v) is 10.6. The molecule has 0 spiro atoms. The van der Waals surface area contributed by atoms with E-state index >= 15 is 0 Å². The Bertz CT molecular complexity index is 1420. The van der Waals surface area contributed by atoms with E-state index in [1.54, 1.807) is 40.6 Å². The average molecular weight is 441 g/mol. The van der Waals surface area contributed by atoms with Gasteiger partial charge in [-0.05, 0) is 43.5 Å². The Balaban J connectivity index is 1.33. The summed E-state index contributed by atoms with van der Waals surface area (Å²) in [5.74, 6) is 7.43. The van der Waals surface area contributed by atoms with Crippen molar-refractivity contribution in [2.75, 3.05) is 18.4 Å². The van der Waals surface area contributed by atoms with Gasteiger partial charge in [0, 0.05) is 43.9 Å². The highest BCUT2D eigenvalue weighted by Crippen LogP contribution is 2.26. The van der Waals surface area contributed by atoms with Gasteiger partial charge in [-0.2, -0.15) is 5.10 Å². The molecular formula is C24H23N7O2. The van der Waals surface area contributed by atoms with Gasteiger partial charge in [0.15, 0.2) is 5.65 Å². The number of ether oxygens (including phenoxy) is 1. The smallest absolute Gasteiger partial charge is 0.273 e. The van der Waals surface area contributed by atoms with E-state index < -0.39 is 0 Å². The Morgan fingerprint density at radius 1 is 1.18 bits per heavy atom. The SMILES string of the molecule is Cc1cc(C(=O)Nc2cc(Oc3ccc4nc(C#CC5CNC5)cn4n3)ccc2C)n(C)n1. The van der Waals surface area contributed by atoms with Crippen LogP contribution in [0.25, 0.3) is 5.65 Å². The van der Waals surface area contributed by atoms with Crippen LogP contribution in [0, 0.1) is 31.6 Å². The van der Waals surface area contributed by atoms with Crippen LogP contribution in [0.5, 0.6) is 11.6 Å². The molecular weight excluding hydrogens is 418 g/mol. The van der Waals surface area contributed by atoms with Gasteiger partial charge in [-0.25, -0.2) is 9.50 Å². The summed E-state index contributed by atoms with van der Waals surface area (Å²) in [6.07, 6.45) is 1.79. The van der Waals surface area contributed by atoms with Crippen LogP contribution in [0.3, 0.4) is 0 Å². The fourth-order valence-electron chi connectivity index (χ4n) is 3.48. The van der Waals surface area contributed by atoms with Crippen LogP contribution in [-0.2, 0) is 7.05 Å². The molecule has 0 radical (unpaired) electrons. The Kier molecular flexibility index (Phi) is 5.28. The van der Waals surface area contributed by atoms with E-state index in [1.807, 2.05) is 32.0 Å². The van der Waals surface area contributed by atoms with Gasteiger partial charge in [-0.3, -0.25) is 9.48 Å². The standard InChI is InChI=1S/C24H23N7O2/c1-15-4-7-19(11-20(15)27-24(32)21-10-16(2)28-30(21)3)33-23-9-8-22-26-18(14-31(22)29-23)6-5-17-12-25-13-17/h4,7-11,14,17,25H,12-13H2,1-3H3,(H,27,32). The van der Waals surface area contributed by atoms with Gasteiger partial charge < -0.3 is 15.4 Å². The van der Waals surface area contributed by atoms with E-state index in [1.165, 1.54) is 0 Å². The Morgan fingerprint density at radius 2 is 2.03 bits per heavy atom. The zero-order valence-electron chi connectivity index (χ0n) is 18.6. The van der Waals surface area contributed by atoms with Crippen LogP contribution in [0.15, 0.2) is 42.6 Å². The zero-order chi connectivity index (χ0) is 22.9. The molecule has 0 aliphatic carbocycles. The van der Waals surface area contributed by atoms with E-state index in [9.17, 15) is 4.79 Å². The molecule has 9 nitrogen and oxygen atoms in total. The van der Waals surface area contributed by atoms with Crippen LogP contribution >= 0.6 is 0 Å². The highest BCUT2D eigenvalue weighted by molar-refractivity contribution is 6.03. The van der Waals surface area contributed by atoms with E-state index in [-0.39, 0.29) is 5.91 Å². The predicted octanol–water partition coefficient (Wildman–Crippen LogP) is 2.70. The number of imidazole rings is 1. The largest absolute Gasteiger partial charge is 0.438 e. The summed E-state index contributed by atoms with van der Waals surface area (Å²) in [7, 11) is 1.74. The molecule has 5 rings (SSSR count). The summed E-state index contributed by atoms with van der Waals surface area (Å²) in [5, 5.41) is 14.8. The first kappa shape index (κ1) is 20.7. The first-order chi connectivity index (χ1) is 15.9. The van der Waals surface area contributed by atoms with Crippen LogP contribution in [0.1, 0.15) is 27.4 Å². The lowest BCUT2D eigenvalue weighted by atomic mass is 10.0. The number of anilines is 1. The molecule has 0 unspecified atom stereocenters. The number of carbonyl (C=O) groups is 1. The van der Waals surface area contributed by atoms with Gasteiger partial charge in [-0.15, -0.1) is 5.10 Å². The highest BCUT2D eigenvalue weighted by Gasteiger charge is 2.15. The summed E-state index contributed by atoms with van der Waals surface area (Å²) in [4.78, 5) is 17.2. The zero-order valence-corrected chi connectivity index (χ0v) is 18.6. The van der Waals surface area contributed by atoms with E-state index in [2.05, 4.69) is 37.7 Å². The van der Waals surface area contributed by atoms with Crippen molar-refractivity contribution in [1.29, 1.82) is 0 Å². The number of nitrogens with one attached hydrogen (secondary N) is 2. The third-order valence-electron chi connectivity index (χ3n) is 5.40. The fourth-order valence-corrected chi connectivity index (χ4v) is 3.48. The molecule has 1 fully saturated rings. The van der Waals surface area contributed by atoms with E-state index in [4.69, 9.17) is 4.74 Å². The maximum atomic E-state index is 12.7. The monoisotopic (exact) mass is 441 g/mol. The van der Waals surface area contributed by atoms with Gasteiger partial charge in [0.25, 0.3) is 5.91 Å². The number of fused-ring (bicyclic) bond motifs is 1. The number of benzene rings is 1. The second-order valence-corrected chi connectivity index (χ2v) is 8.05. The lowest BCUT2D eigenvalue weighted by molar-refractivity contribution is 0.101. The van der Waals surface area contributed by atoms with Crippen molar-refractivity contribution in [3.63, 3.8) is 0 Å². The quantitative estimate of drug-likeness (QED) is 0.473. The van der Waals surface area contributed by atoms with Crippen LogP contribution < -0.4 is 15.4 Å². The summed E-state index contributed by atoms with van der Waals surface area (Å²) in [5.41, 5.74) is 4.21. The van der Waals surface area contributed by atoms with Crippen molar-refractivity contribution in [2.45, 2.75) is 13.8 Å². The molecule has 166 valence electrons. The molecule has 4 heterocycles. The number of hydrogen-bond acceptors (Lipinski definition) is 6. The molecule has 0 saturated carbocycles. The van der Waals surface area contributed by atoms with Gasteiger partial charge in [0.2, 0.25) is 5.88 Å². The molecule has 33 heavy (non-hydrogen) atoms. The van der Waals surface area contributed by atoms with Crippen LogP contribution in [0.2, 0.25) is 0 Å².